The third-order valence-corrected chi connectivity index (χ3v) is 5.66. The molecule has 1 aliphatic heterocycles. The number of nitrogens with one attached hydrogen (secondary N) is 1. The van der Waals surface area contributed by atoms with Crippen LogP contribution in [0.5, 0.6) is 0 Å². The molecule has 0 radical (unpaired) electrons. The molecule has 156 valence electrons. The number of amides is 2. The molecule has 1 heterocycles. The number of carbonyl (C=O) groups is 2. The van der Waals surface area contributed by atoms with Crippen molar-refractivity contribution in [2.45, 2.75) is 26.7 Å². The Morgan fingerprint density at radius 3 is 2.19 bits per heavy atom. The van der Waals surface area contributed by atoms with Crippen LogP contribution >= 0.6 is 11.6 Å². The number of aryl methyl sites for hydroxylation is 1. The van der Waals surface area contributed by atoms with Crippen molar-refractivity contribution in [3.05, 3.63) is 100 Å². The maximum Gasteiger partial charge on any atom is 0.282 e. The Morgan fingerprint density at radius 2 is 1.55 bits per heavy atom. The summed E-state index contributed by atoms with van der Waals surface area (Å²) in [6.07, 6.45) is 0. The van der Waals surface area contributed by atoms with Gasteiger partial charge in [-0.2, -0.15) is 0 Å². The van der Waals surface area contributed by atoms with Crippen molar-refractivity contribution in [2.24, 2.45) is 0 Å². The zero-order valence-corrected chi connectivity index (χ0v) is 18.4. The van der Waals surface area contributed by atoms with Crippen molar-refractivity contribution in [3.63, 3.8) is 0 Å². The van der Waals surface area contributed by atoms with Gasteiger partial charge in [-0.25, -0.2) is 4.90 Å². The van der Waals surface area contributed by atoms with Gasteiger partial charge in [-0.1, -0.05) is 74.0 Å². The van der Waals surface area contributed by atoms with Crippen LogP contribution in [-0.4, -0.2) is 11.8 Å². The van der Waals surface area contributed by atoms with Crippen molar-refractivity contribution in [1.29, 1.82) is 0 Å². The number of rotatable bonds is 5. The molecule has 3 aromatic rings. The Morgan fingerprint density at radius 1 is 0.871 bits per heavy atom. The molecule has 0 fully saturated rings. The van der Waals surface area contributed by atoms with Crippen LogP contribution in [0, 0.1) is 6.92 Å². The van der Waals surface area contributed by atoms with Crippen molar-refractivity contribution in [1.82, 2.24) is 0 Å². The van der Waals surface area contributed by atoms with Gasteiger partial charge in [0.1, 0.15) is 5.70 Å². The van der Waals surface area contributed by atoms with E-state index in [1.54, 1.807) is 12.1 Å². The number of benzene rings is 3. The van der Waals surface area contributed by atoms with Gasteiger partial charge in [0.15, 0.2) is 0 Å². The fraction of sp³-hybridized carbons (Fsp3) is 0.154. The molecule has 0 aliphatic carbocycles. The molecular weight excluding hydrogens is 408 g/mol. The normalized spacial score (nSPS) is 14.0. The van der Waals surface area contributed by atoms with Gasteiger partial charge in [0.25, 0.3) is 11.8 Å². The van der Waals surface area contributed by atoms with E-state index < -0.39 is 0 Å². The molecule has 1 N–H and O–H groups in total. The second-order valence-corrected chi connectivity index (χ2v) is 8.33. The van der Waals surface area contributed by atoms with E-state index in [4.69, 9.17) is 11.6 Å². The molecule has 31 heavy (non-hydrogen) atoms. The molecular formula is C26H23ClN2O2. The van der Waals surface area contributed by atoms with E-state index in [0.29, 0.717) is 33.5 Å². The van der Waals surface area contributed by atoms with Gasteiger partial charge >= 0.3 is 0 Å². The van der Waals surface area contributed by atoms with Crippen LogP contribution < -0.4 is 10.2 Å². The number of anilines is 2. The number of nitrogens with zero attached hydrogens (tertiary/aromatic N) is 1. The van der Waals surface area contributed by atoms with Gasteiger partial charge in [0.2, 0.25) is 0 Å². The molecule has 0 unspecified atom stereocenters. The van der Waals surface area contributed by atoms with E-state index in [9.17, 15) is 9.59 Å². The first-order chi connectivity index (χ1) is 14.9. The molecule has 0 atom stereocenters. The van der Waals surface area contributed by atoms with Gasteiger partial charge in [-0.05, 0) is 53.8 Å². The van der Waals surface area contributed by atoms with Crippen molar-refractivity contribution < 1.29 is 9.59 Å². The maximum absolute atomic E-state index is 13.5. The Kier molecular flexibility index (Phi) is 5.66. The van der Waals surface area contributed by atoms with Gasteiger partial charge in [0, 0.05) is 10.7 Å². The zero-order chi connectivity index (χ0) is 22.1. The van der Waals surface area contributed by atoms with Crippen molar-refractivity contribution in [2.75, 3.05) is 10.2 Å². The second-order valence-electron chi connectivity index (χ2n) is 7.89. The first-order valence-corrected chi connectivity index (χ1v) is 10.6. The van der Waals surface area contributed by atoms with E-state index in [1.807, 2.05) is 67.6 Å². The lowest BCUT2D eigenvalue weighted by molar-refractivity contribution is -0.120. The van der Waals surface area contributed by atoms with Crippen LogP contribution in [0.2, 0.25) is 5.02 Å². The van der Waals surface area contributed by atoms with Gasteiger partial charge in [-0.3, -0.25) is 9.59 Å². The van der Waals surface area contributed by atoms with E-state index in [1.165, 1.54) is 4.90 Å². The highest BCUT2D eigenvalue weighted by atomic mass is 35.5. The quantitative estimate of drug-likeness (QED) is 0.492. The molecule has 0 saturated heterocycles. The highest BCUT2D eigenvalue weighted by Crippen LogP contribution is 2.35. The summed E-state index contributed by atoms with van der Waals surface area (Å²) in [5.74, 6) is -0.378. The standard InChI is InChI=1S/C26H23ClN2O2/c1-16(2)18-10-13-21(14-11-18)29-25(30)23(19-7-5-4-6-8-19)24(26(29)31)28-22-15-20(27)12-9-17(22)3/h4-16,28H,1-3H3. The Bertz CT molecular complexity index is 1180. The lowest BCUT2D eigenvalue weighted by atomic mass is 10.0. The summed E-state index contributed by atoms with van der Waals surface area (Å²) in [4.78, 5) is 28.2. The minimum absolute atomic E-state index is 0.245. The van der Waals surface area contributed by atoms with Crippen LogP contribution in [0.4, 0.5) is 11.4 Å². The summed E-state index contributed by atoms with van der Waals surface area (Å²) < 4.78 is 0. The number of carbonyl (C=O) groups excluding carboxylic acids is 2. The number of halogens is 1. The monoisotopic (exact) mass is 430 g/mol. The van der Waals surface area contributed by atoms with Gasteiger partial charge in [-0.15, -0.1) is 0 Å². The largest absolute Gasteiger partial charge is 0.350 e. The molecule has 4 rings (SSSR count). The van der Waals surface area contributed by atoms with Crippen LogP contribution in [0.25, 0.3) is 5.57 Å². The van der Waals surface area contributed by atoms with Crippen molar-refractivity contribution in [3.8, 4) is 0 Å². The molecule has 4 nitrogen and oxygen atoms in total. The summed E-state index contributed by atoms with van der Waals surface area (Å²) in [7, 11) is 0. The molecule has 0 saturated carbocycles. The van der Waals surface area contributed by atoms with Crippen LogP contribution in [0.3, 0.4) is 0 Å². The molecule has 1 aliphatic rings. The molecule has 0 aromatic heterocycles. The second kappa shape index (κ2) is 8.40. The molecule has 0 bridgehead atoms. The van der Waals surface area contributed by atoms with Crippen molar-refractivity contribution >= 4 is 40.4 Å². The predicted molar refractivity (Wildman–Crippen MR) is 126 cm³/mol. The van der Waals surface area contributed by atoms with Crippen LogP contribution in [0.15, 0.2) is 78.5 Å². The van der Waals surface area contributed by atoms with Gasteiger partial charge in [0.05, 0.1) is 11.3 Å². The zero-order valence-electron chi connectivity index (χ0n) is 17.6. The third-order valence-electron chi connectivity index (χ3n) is 5.42. The predicted octanol–water partition coefficient (Wildman–Crippen LogP) is 6.17. The summed E-state index contributed by atoms with van der Waals surface area (Å²) in [5.41, 5.74) is 4.58. The number of hydrogen-bond donors (Lipinski definition) is 1. The van der Waals surface area contributed by atoms with Crippen LogP contribution in [-0.2, 0) is 9.59 Å². The number of imide groups is 1. The topological polar surface area (TPSA) is 49.4 Å². The van der Waals surface area contributed by atoms with E-state index in [-0.39, 0.29) is 17.5 Å². The number of hydrogen-bond acceptors (Lipinski definition) is 3. The van der Waals surface area contributed by atoms with E-state index in [2.05, 4.69) is 19.2 Å². The first-order valence-electron chi connectivity index (χ1n) is 10.2. The average Bonchev–Trinajstić information content (AvgIpc) is 3.01. The summed E-state index contributed by atoms with van der Waals surface area (Å²) >= 11 is 6.17. The molecule has 2 amide bonds. The highest BCUT2D eigenvalue weighted by Gasteiger charge is 2.40. The fourth-order valence-electron chi connectivity index (χ4n) is 3.62. The minimum Gasteiger partial charge on any atom is -0.350 e. The third kappa shape index (κ3) is 3.99. The smallest absolute Gasteiger partial charge is 0.282 e. The average molecular weight is 431 g/mol. The summed E-state index contributed by atoms with van der Waals surface area (Å²) in [6, 6.07) is 22.2. The lowest BCUT2D eigenvalue weighted by Crippen LogP contribution is -2.32. The molecule has 5 heteroatoms. The SMILES string of the molecule is Cc1ccc(Cl)cc1NC1=C(c2ccccc2)C(=O)N(c2ccc(C(C)C)cc2)C1=O. The first kappa shape index (κ1) is 20.9. The van der Waals surface area contributed by atoms with E-state index in [0.717, 1.165) is 11.1 Å². The van der Waals surface area contributed by atoms with Crippen LogP contribution in [0.1, 0.15) is 36.5 Å². The Balaban J connectivity index is 1.80. The summed E-state index contributed by atoms with van der Waals surface area (Å²) in [5, 5.41) is 3.74. The maximum atomic E-state index is 13.5. The highest BCUT2D eigenvalue weighted by molar-refractivity contribution is 6.46. The molecule has 3 aromatic carbocycles. The van der Waals surface area contributed by atoms with Gasteiger partial charge < -0.3 is 5.32 Å². The fourth-order valence-corrected chi connectivity index (χ4v) is 3.80. The lowest BCUT2D eigenvalue weighted by Gasteiger charge is -2.17. The Hall–Kier alpha value is -3.37. The summed E-state index contributed by atoms with van der Waals surface area (Å²) in [6.45, 7) is 6.13. The Labute approximate surface area is 187 Å². The molecule has 0 spiro atoms. The minimum atomic E-state index is -0.388. The van der Waals surface area contributed by atoms with E-state index >= 15 is 0 Å².